The summed E-state index contributed by atoms with van der Waals surface area (Å²) in [6.07, 6.45) is 47.0. The average Bonchev–Trinajstić information content (AvgIpc) is 4.55. The molecule has 16 rings (SSSR count). The summed E-state index contributed by atoms with van der Waals surface area (Å²) in [5, 5.41) is 15.3. The Morgan fingerprint density at radius 1 is 0.205 bits per heavy atom. The van der Waals surface area contributed by atoms with Crippen LogP contribution < -0.4 is 0 Å². The van der Waals surface area contributed by atoms with Gasteiger partial charge in [-0.2, -0.15) is 20.4 Å². The highest BCUT2D eigenvalue weighted by molar-refractivity contribution is 6.06. The van der Waals surface area contributed by atoms with E-state index in [-0.39, 0.29) is 0 Å². The van der Waals surface area contributed by atoms with Crippen molar-refractivity contribution < 1.29 is 0 Å². The molecule has 0 saturated carbocycles. The minimum atomic E-state index is 0.811. The Kier molecular flexibility index (Phi) is 50.9. The summed E-state index contributed by atoms with van der Waals surface area (Å²) in [5.74, 6) is 1.83. The predicted octanol–water partition coefficient (Wildman–Crippen LogP) is 26.7. The molecule has 12 aliphatic heterocycles. The second-order valence-electron chi connectivity index (χ2n) is 31.6. The Balaban J connectivity index is 0.000000597. The molecule has 4 aliphatic carbocycles. The van der Waals surface area contributed by atoms with E-state index in [1.807, 2.05) is 149 Å². The van der Waals surface area contributed by atoms with Crippen LogP contribution >= 0.6 is 0 Å². The van der Waals surface area contributed by atoms with Crippen molar-refractivity contribution in [3.63, 3.8) is 0 Å². The quantitative estimate of drug-likeness (QED) is 0.223. The van der Waals surface area contributed by atoms with E-state index in [1.54, 1.807) is 0 Å². The van der Waals surface area contributed by atoms with E-state index < -0.39 is 0 Å². The molecule has 0 bridgehead atoms. The van der Waals surface area contributed by atoms with Crippen LogP contribution in [-0.4, -0.2) is 118 Å². The van der Waals surface area contributed by atoms with Gasteiger partial charge in [-0.3, -0.25) is 49.9 Å². The molecule has 0 aromatic heterocycles. The zero-order valence-corrected chi connectivity index (χ0v) is 75.7. The van der Waals surface area contributed by atoms with Crippen LogP contribution in [0.2, 0.25) is 0 Å². The Bertz CT molecular complexity index is 3330. The third kappa shape index (κ3) is 55.1. The van der Waals surface area contributed by atoms with Crippen LogP contribution in [0, 0.1) is 0 Å². The van der Waals surface area contributed by atoms with E-state index in [0.29, 0.717) is 0 Å². The molecule has 12 heterocycles. The smallest absolute Gasteiger partial charge is 0.120 e. The van der Waals surface area contributed by atoms with Gasteiger partial charge in [-0.1, -0.05) is 116 Å². The number of amidine groups is 2. The van der Waals surface area contributed by atoms with Crippen molar-refractivity contribution in [3.05, 3.63) is 187 Å². The molecular formula is C96H144N16. The van der Waals surface area contributed by atoms with Crippen molar-refractivity contribution in [1.29, 1.82) is 0 Å². The molecule has 0 atom stereocenters. The van der Waals surface area contributed by atoms with Crippen LogP contribution in [0.5, 0.6) is 0 Å². The fourth-order valence-corrected chi connectivity index (χ4v) is 11.3. The maximum Gasteiger partial charge on any atom is 0.120 e. The molecule has 0 unspecified atom stereocenters. The van der Waals surface area contributed by atoms with E-state index in [2.05, 4.69) is 250 Å². The highest BCUT2D eigenvalue weighted by Crippen LogP contribution is 2.19. The van der Waals surface area contributed by atoms with Crippen molar-refractivity contribution in [3.8, 4) is 0 Å². The van der Waals surface area contributed by atoms with Gasteiger partial charge in [-0.05, 0) is 282 Å². The zero-order chi connectivity index (χ0) is 84.4. The number of hydrogen-bond acceptors (Lipinski definition) is 16. The fraction of sp³-hybridized carbons (Fsp3) is 0.500. The Morgan fingerprint density at radius 2 is 0.482 bits per heavy atom. The molecule has 16 aliphatic rings. The second kappa shape index (κ2) is 56.7. The molecule has 608 valence electrons. The monoisotopic (exact) mass is 1520 g/mol. The maximum absolute atomic E-state index is 4.17. The summed E-state index contributed by atoms with van der Waals surface area (Å²) in [6.45, 7) is 69.4. The lowest BCUT2D eigenvalue weighted by Gasteiger charge is -1.87. The van der Waals surface area contributed by atoms with E-state index in [0.717, 1.165) is 146 Å². The molecule has 0 fully saturated rings. The zero-order valence-electron chi connectivity index (χ0n) is 75.7. The summed E-state index contributed by atoms with van der Waals surface area (Å²) in [5.41, 5.74) is 38.8. The Labute approximate surface area is 680 Å². The van der Waals surface area contributed by atoms with Crippen molar-refractivity contribution in [2.24, 2.45) is 80.3 Å². The molecular weight excluding hydrogens is 1380 g/mol. The summed E-state index contributed by atoms with van der Waals surface area (Å²) in [4.78, 5) is 49.1. The molecule has 0 saturated heterocycles. The molecule has 16 nitrogen and oxygen atoms in total. The van der Waals surface area contributed by atoms with Gasteiger partial charge in [0.05, 0.1) is 26.2 Å². The summed E-state index contributed by atoms with van der Waals surface area (Å²) >= 11 is 0. The largest absolute Gasteiger partial charge is 0.286 e. The normalized spacial score (nSPS) is 19.1. The molecule has 0 N–H and O–H groups in total. The van der Waals surface area contributed by atoms with Crippen molar-refractivity contribution >= 4 is 91.6 Å². The minimum Gasteiger partial charge on any atom is -0.286 e. The van der Waals surface area contributed by atoms with Gasteiger partial charge in [-0.25, -0.2) is 9.98 Å². The molecule has 0 aromatic carbocycles. The van der Waals surface area contributed by atoms with Gasteiger partial charge in [0, 0.05) is 168 Å². The van der Waals surface area contributed by atoms with Gasteiger partial charge in [0.2, 0.25) is 0 Å². The van der Waals surface area contributed by atoms with Crippen LogP contribution in [0.4, 0.5) is 0 Å². The van der Waals surface area contributed by atoms with Gasteiger partial charge in [0.25, 0.3) is 0 Å². The first-order valence-corrected chi connectivity index (χ1v) is 39.7. The number of rotatable bonds is 0. The molecule has 0 aromatic rings. The van der Waals surface area contributed by atoms with Crippen molar-refractivity contribution in [2.45, 2.75) is 299 Å². The van der Waals surface area contributed by atoms with Crippen molar-refractivity contribution in [1.82, 2.24) is 0 Å². The predicted molar refractivity (Wildman–Crippen MR) is 505 cm³/mol. The third-order valence-electron chi connectivity index (χ3n) is 16.8. The maximum atomic E-state index is 4.17. The molecule has 0 radical (unpaired) electrons. The average molecular weight is 1520 g/mol. The van der Waals surface area contributed by atoms with Crippen LogP contribution in [-0.2, 0) is 0 Å². The van der Waals surface area contributed by atoms with E-state index in [4.69, 9.17) is 0 Å². The third-order valence-corrected chi connectivity index (χ3v) is 16.8. The lowest BCUT2D eigenvalue weighted by Crippen LogP contribution is -1.90. The first kappa shape index (κ1) is 101. The lowest BCUT2D eigenvalue weighted by atomic mass is 10.2. The van der Waals surface area contributed by atoms with Crippen LogP contribution in [0.3, 0.4) is 0 Å². The van der Waals surface area contributed by atoms with E-state index in [1.165, 1.54) is 138 Å². The lowest BCUT2D eigenvalue weighted by molar-refractivity contribution is 1.15. The minimum absolute atomic E-state index is 0.811. The van der Waals surface area contributed by atoms with E-state index >= 15 is 0 Å². The van der Waals surface area contributed by atoms with Crippen LogP contribution in [0.25, 0.3) is 0 Å². The number of nitrogens with zero attached hydrogens (tertiary/aromatic N) is 16. The van der Waals surface area contributed by atoms with Gasteiger partial charge < -0.3 is 0 Å². The molecule has 0 amide bonds. The topological polar surface area (TPSA) is 198 Å². The molecule has 16 heteroatoms. The first-order chi connectivity index (χ1) is 52.6. The van der Waals surface area contributed by atoms with Gasteiger partial charge in [0.1, 0.15) is 11.7 Å². The summed E-state index contributed by atoms with van der Waals surface area (Å²) in [6, 6.07) is 0. The molecule has 0 spiro atoms. The highest BCUT2D eigenvalue weighted by Gasteiger charge is 2.06. The SMILES string of the molecule is CC1=CC(C)=NC1.CC1=CC(C)=NC1.CC1=CC=C(C)C1.CC1=CC=C(C)C1.CC1=CCC(C)=C1.CC1=CCC(C)=C1.CC1=CCC(C)=N1.CC1=CCC(C)=N1.CC1=CN=C(C)C1.CC1=CN=C(C)C1.CC1=CN=C(C)C1.CC1=CN=C(C)C1.CC1=NC(C)=NC1.CC1=NC(C)=NC1.CC1=NN=C(C)C1.CC1=NN=C(C)C1. The van der Waals surface area contributed by atoms with Gasteiger partial charge in [-0.15, -0.1) is 0 Å². The number of hydrogen-bond donors (Lipinski definition) is 0. The number of allylic oxidation sites excluding steroid dienone is 26. The van der Waals surface area contributed by atoms with Gasteiger partial charge in [0.15, 0.2) is 0 Å². The Hall–Kier alpha value is -9.44. The van der Waals surface area contributed by atoms with Crippen LogP contribution in [0.1, 0.15) is 299 Å². The van der Waals surface area contributed by atoms with Crippen LogP contribution in [0.15, 0.2) is 267 Å². The number of aliphatic imine (C=N–C) groups is 12. The molecule has 112 heavy (non-hydrogen) atoms. The Morgan fingerprint density at radius 3 is 0.545 bits per heavy atom. The summed E-state index contributed by atoms with van der Waals surface area (Å²) < 4.78 is 0. The van der Waals surface area contributed by atoms with Crippen molar-refractivity contribution in [2.75, 3.05) is 26.2 Å². The standard InChI is InChI=1S/4C7H10.8C6H9N.4C5H8N2/c4*1-6-3-4-7(2)5-6;6*1-5-3-6(2)7-4-5;2*1-5-3-4-6(2)7-5;2*1-4-3-6-5(2)7-4;2*1-4-3-5(2)7-6-4/h2*3,5H,4H2,1-2H3;2*3-4H,5H2,1-2H3;4*4H,3H2,1-2H3;4*3H,4H2,1-2H3;4*3H2,1-2H3. The van der Waals surface area contributed by atoms with E-state index in [9.17, 15) is 0 Å². The van der Waals surface area contributed by atoms with Gasteiger partial charge >= 0.3 is 0 Å². The highest BCUT2D eigenvalue weighted by atomic mass is 15.2. The summed E-state index contributed by atoms with van der Waals surface area (Å²) in [7, 11) is 0. The fourth-order valence-electron chi connectivity index (χ4n) is 11.3. The second-order valence-corrected chi connectivity index (χ2v) is 31.6. The first-order valence-electron chi connectivity index (χ1n) is 39.7.